The van der Waals surface area contributed by atoms with Crippen LogP contribution >= 0.6 is 0 Å². The number of piperidine rings is 1. The van der Waals surface area contributed by atoms with Crippen LogP contribution in [-0.4, -0.2) is 49.1 Å². The average Bonchev–Trinajstić information content (AvgIpc) is 2.72. The smallest absolute Gasteiger partial charge is 0.317 e. The third-order valence-electron chi connectivity index (χ3n) is 5.73. The summed E-state index contributed by atoms with van der Waals surface area (Å²) < 4.78 is 0. The van der Waals surface area contributed by atoms with Crippen molar-refractivity contribution in [3.05, 3.63) is 71.3 Å². The molecule has 1 fully saturated rings. The molecule has 0 bridgehead atoms. The second kappa shape index (κ2) is 10.3. The molecule has 0 aromatic heterocycles. The Morgan fingerprint density at radius 3 is 2.68 bits per heavy atom. The first-order valence-electron chi connectivity index (χ1n) is 10.4. The number of benzene rings is 2. The van der Waals surface area contributed by atoms with Crippen molar-refractivity contribution in [3.63, 3.8) is 0 Å². The highest BCUT2D eigenvalue weighted by atomic mass is 16.2. The molecular formula is C24H33N3O. The summed E-state index contributed by atoms with van der Waals surface area (Å²) in [5.74, 6) is 0.554. The Labute approximate surface area is 169 Å². The third-order valence-corrected chi connectivity index (χ3v) is 5.73. The Balaban J connectivity index is 1.42. The molecule has 28 heavy (non-hydrogen) atoms. The summed E-state index contributed by atoms with van der Waals surface area (Å²) in [6, 6.07) is 18.7. The minimum Gasteiger partial charge on any atom is -0.334 e. The number of carbonyl (C=O) groups is 1. The van der Waals surface area contributed by atoms with Gasteiger partial charge in [-0.15, -0.1) is 0 Å². The van der Waals surface area contributed by atoms with Gasteiger partial charge in [-0.05, 0) is 55.3 Å². The van der Waals surface area contributed by atoms with Crippen molar-refractivity contribution < 1.29 is 4.79 Å². The number of aryl methyl sites for hydroxylation is 1. The summed E-state index contributed by atoms with van der Waals surface area (Å²) in [6.45, 7) is 6.95. The zero-order chi connectivity index (χ0) is 19.8. The number of rotatable bonds is 7. The monoisotopic (exact) mass is 379 g/mol. The SMILES string of the molecule is Cc1ccccc1CCN1CCC[C@@H](CN(C)C(=O)NCc2ccccc2)C1. The number of likely N-dealkylation sites (tertiary alicyclic amines) is 1. The molecule has 2 aromatic rings. The number of carbonyl (C=O) groups excluding carboxylic acids is 1. The van der Waals surface area contributed by atoms with E-state index in [1.54, 1.807) is 0 Å². The molecule has 1 heterocycles. The van der Waals surface area contributed by atoms with Crippen LogP contribution in [0.3, 0.4) is 0 Å². The van der Waals surface area contributed by atoms with Gasteiger partial charge in [0, 0.05) is 33.2 Å². The molecule has 150 valence electrons. The number of hydrogen-bond acceptors (Lipinski definition) is 2. The average molecular weight is 380 g/mol. The summed E-state index contributed by atoms with van der Waals surface area (Å²) >= 11 is 0. The molecule has 0 aliphatic carbocycles. The first-order chi connectivity index (χ1) is 13.6. The molecule has 0 unspecified atom stereocenters. The molecular weight excluding hydrogens is 346 g/mol. The van der Waals surface area contributed by atoms with Crippen molar-refractivity contribution in [1.82, 2.24) is 15.1 Å². The van der Waals surface area contributed by atoms with Crippen molar-refractivity contribution >= 4 is 6.03 Å². The highest BCUT2D eigenvalue weighted by molar-refractivity contribution is 5.73. The summed E-state index contributed by atoms with van der Waals surface area (Å²) in [5.41, 5.74) is 3.96. The quantitative estimate of drug-likeness (QED) is 0.786. The Morgan fingerprint density at radius 1 is 1.14 bits per heavy atom. The van der Waals surface area contributed by atoms with Crippen LogP contribution in [0.2, 0.25) is 0 Å². The molecule has 1 aliphatic heterocycles. The molecule has 0 radical (unpaired) electrons. The van der Waals surface area contributed by atoms with E-state index in [1.165, 1.54) is 30.5 Å². The Bertz CT molecular complexity index is 747. The van der Waals surface area contributed by atoms with E-state index in [4.69, 9.17) is 0 Å². The summed E-state index contributed by atoms with van der Waals surface area (Å²) in [5, 5.41) is 3.03. The van der Waals surface area contributed by atoms with Crippen LogP contribution in [0.25, 0.3) is 0 Å². The molecule has 1 N–H and O–H groups in total. The Hall–Kier alpha value is -2.33. The van der Waals surface area contributed by atoms with Crippen molar-refractivity contribution in [2.45, 2.75) is 32.7 Å². The fourth-order valence-electron chi connectivity index (χ4n) is 4.05. The fraction of sp³-hybridized carbons (Fsp3) is 0.458. The van der Waals surface area contributed by atoms with Crippen LogP contribution < -0.4 is 5.32 Å². The van der Waals surface area contributed by atoms with E-state index < -0.39 is 0 Å². The highest BCUT2D eigenvalue weighted by Gasteiger charge is 2.22. The van der Waals surface area contributed by atoms with Gasteiger partial charge in [0.15, 0.2) is 0 Å². The molecule has 4 heteroatoms. The maximum absolute atomic E-state index is 12.4. The second-order valence-corrected chi connectivity index (χ2v) is 8.01. The lowest BCUT2D eigenvalue weighted by atomic mass is 9.97. The van der Waals surface area contributed by atoms with E-state index in [1.807, 2.05) is 42.3 Å². The Kier molecular flexibility index (Phi) is 7.49. The van der Waals surface area contributed by atoms with Gasteiger partial charge < -0.3 is 15.1 Å². The highest BCUT2D eigenvalue weighted by Crippen LogP contribution is 2.18. The number of amides is 2. The van der Waals surface area contributed by atoms with Gasteiger partial charge in [0.25, 0.3) is 0 Å². The van der Waals surface area contributed by atoms with E-state index in [9.17, 15) is 4.79 Å². The van der Waals surface area contributed by atoms with Gasteiger partial charge in [-0.2, -0.15) is 0 Å². The van der Waals surface area contributed by atoms with Gasteiger partial charge in [-0.25, -0.2) is 4.79 Å². The van der Waals surface area contributed by atoms with Gasteiger partial charge in [0.2, 0.25) is 0 Å². The van der Waals surface area contributed by atoms with Crippen molar-refractivity contribution in [3.8, 4) is 0 Å². The maximum Gasteiger partial charge on any atom is 0.317 e. The predicted octanol–water partition coefficient (Wildman–Crippen LogP) is 4.09. The summed E-state index contributed by atoms with van der Waals surface area (Å²) in [4.78, 5) is 16.8. The third kappa shape index (κ3) is 6.10. The molecule has 3 rings (SSSR count). The fourth-order valence-corrected chi connectivity index (χ4v) is 4.05. The van der Waals surface area contributed by atoms with Gasteiger partial charge in [-0.3, -0.25) is 0 Å². The van der Waals surface area contributed by atoms with Gasteiger partial charge >= 0.3 is 6.03 Å². The van der Waals surface area contributed by atoms with E-state index in [2.05, 4.69) is 41.4 Å². The number of nitrogens with zero attached hydrogens (tertiary/aromatic N) is 2. The van der Waals surface area contributed by atoms with Crippen LogP contribution in [-0.2, 0) is 13.0 Å². The molecule has 0 spiro atoms. The van der Waals surface area contributed by atoms with Crippen molar-refractivity contribution in [2.75, 3.05) is 33.2 Å². The zero-order valence-corrected chi connectivity index (χ0v) is 17.2. The molecule has 1 aliphatic rings. The first kappa shape index (κ1) is 20.4. The molecule has 1 saturated heterocycles. The minimum absolute atomic E-state index is 0.0147. The van der Waals surface area contributed by atoms with Crippen molar-refractivity contribution in [2.24, 2.45) is 5.92 Å². The van der Waals surface area contributed by atoms with E-state index >= 15 is 0 Å². The maximum atomic E-state index is 12.4. The van der Waals surface area contributed by atoms with Crippen LogP contribution in [0.4, 0.5) is 4.79 Å². The van der Waals surface area contributed by atoms with Crippen LogP contribution in [0.15, 0.2) is 54.6 Å². The lowest BCUT2D eigenvalue weighted by Gasteiger charge is -2.34. The number of urea groups is 1. The molecule has 2 aromatic carbocycles. The summed E-state index contributed by atoms with van der Waals surface area (Å²) in [6.07, 6.45) is 3.53. The zero-order valence-electron chi connectivity index (χ0n) is 17.2. The lowest BCUT2D eigenvalue weighted by Crippen LogP contribution is -2.44. The van der Waals surface area contributed by atoms with Gasteiger partial charge in [0.05, 0.1) is 0 Å². The Morgan fingerprint density at radius 2 is 1.89 bits per heavy atom. The van der Waals surface area contributed by atoms with E-state index in [-0.39, 0.29) is 6.03 Å². The topological polar surface area (TPSA) is 35.6 Å². The van der Waals surface area contributed by atoms with Crippen LogP contribution in [0.1, 0.15) is 29.5 Å². The second-order valence-electron chi connectivity index (χ2n) is 8.01. The van der Waals surface area contributed by atoms with E-state index in [0.29, 0.717) is 12.5 Å². The molecule has 4 nitrogen and oxygen atoms in total. The minimum atomic E-state index is 0.0147. The normalized spacial score (nSPS) is 17.3. The molecule has 0 saturated carbocycles. The van der Waals surface area contributed by atoms with Crippen LogP contribution in [0.5, 0.6) is 0 Å². The van der Waals surface area contributed by atoms with E-state index in [0.717, 1.165) is 31.6 Å². The van der Waals surface area contributed by atoms with Crippen molar-refractivity contribution in [1.29, 1.82) is 0 Å². The molecule has 1 atom stereocenters. The van der Waals surface area contributed by atoms with Gasteiger partial charge in [-0.1, -0.05) is 54.6 Å². The lowest BCUT2D eigenvalue weighted by molar-refractivity contribution is 0.146. The number of hydrogen-bond donors (Lipinski definition) is 1. The standard InChI is InChI=1S/C24H33N3O/c1-20-9-6-7-13-23(20)14-16-27-15-8-12-22(19-27)18-26(2)24(28)25-17-21-10-4-3-5-11-21/h3-7,9-11,13,22H,8,12,14-19H2,1-2H3,(H,25,28)/t22-/m0/s1. The first-order valence-corrected chi connectivity index (χ1v) is 10.4. The van der Waals surface area contributed by atoms with Gasteiger partial charge in [0.1, 0.15) is 0 Å². The largest absolute Gasteiger partial charge is 0.334 e. The number of nitrogens with one attached hydrogen (secondary N) is 1. The molecule has 2 amide bonds. The summed E-state index contributed by atoms with van der Waals surface area (Å²) in [7, 11) is 1.91. The predicted molar refractivity (Wildman–Crippen MR) is 115 cm³/mol. The van der Waals surface area contributed by atoms with Crippen LogP contribution in [0, 0.1) is 12.8 Å².